The van der Waals surface area contributed by atoms with E-state index in [9.17, 15) is 0 Å². The Labute approximate surface area is 118 Å². The van der Waals surface area contributed by atoms with Gasteiger partial charge in [-0.05, 0) is 57.0 Å². The monoisotopic (exact) mass is 276 g/mol. The lowest BCUT2D eigenvalue weighted by molar-refractivity contribution is 0.172. The maximum absolute atomic E-state index is 5.81. The highest BCUT2D eigenvalue weighted by atomic mass is 32.1. The van der Waals surface area contributed by atoms with E-state index in [0.717, 1.165) is 29.1 Å². The summed E-state index contributed by atoms with van der Waals surface area (Å²) in [7, 11) is 0. The van der Waals surface area contributed by atoms with Gasteiger partial charge in [-0.15, -0.1) is 0 Å². The summed E-state index contributed by atoms with van der Waals surface area (Å²) in [6, 6.07) is 6.19. The van der Waals surface area contributed by atoms with Crippen molar-refractivity contribution in [3.8, 4) is 5.75 Å². The van der Waals surface area contributed by atoms with Gasteiger partial charge in [0.1, 0.15) is 11.3 Å². The normalized spacial score (nSPS) is 17.4. The van der Waals surface area contributed by atoms with Crippen molar-refractivity contribution < 1.29 is 4.74 Å². The molecular formula is C15H20N2OS. The van der Waals surface area contributed by atoms with Crippen LogP contribution in [-0.2, 0) is 5.54 Å². The van der Waals surface area contributed by atoms with Crippen LogP contribution in [0.5, 0.6) is 5.75 Å². The van der Waals surface area contributed by atoms with E-state index in [-0.39, 0.29) is 5.54 Å². The Kier molecular flexibility index (Phi) is 3.13. The molecule has 1 aliphatic carbocycles. The second kappa shape index (κ2) is 4.67. The number of ether oxygens (including phenoxy) is 1. The first kappa shape index (κ1) is 12.7. The largest absolute Gasteiger partial charge is 0.491 e. The van der Waals surface area contributed by atoms with Crippen molar-refractivity contribution in [1.82, 2.24) is 9.55 Å². The Morgan fingerprint density at radius 3 is 2.84 bits per heavy atom. The van der Waals surface area contributed by atoms with E-state index >= 15 is 0 Å². The van der Waals surface area contributed by atoms with Gasteiger partial charge in [0.2, 0.25) is 0 Å². The van der Waals surface area contributed by atoms with E-state index in [4.69, 9.17) is 17.0 Å². The quantitative estimate of drug-likeness (QED) is 0.839. The van der Waals surface area contributed by atoms with Crippen LogP contribution in [0, 0.1) is 4.77 Å². The van der Waals surface area contributed by atoms with Crippen molar-refractivity contribution in [3.05, 3.63) is 23.0 Å². The lowest BCUT2D eigenvalue weighted by atomic mass is 9.78. The van der Waals surface area contributed by atoms with Crippen LogP contribution in [-0.4, -0.2) is 16.2 Å². The number of aromatic amines is 1. The van der Waals surface area contributed by atoms with Crippen molar-refractivity contribution in [2.24, 2.45) is 0 Å². The summed E-state index contributed by atoms with van der Waals surface area (Å²) in [5, 5.41) is 0. The number of nitrogens with zero attached hydrogens (tertiary/aromatic N) is 1. The average molecular weight is 276 g/mol. The molecule has 4 heteroatoms. The van der Waals surface area contributed by atoms with E-state index in [1.807, 2.05) is 6.07 Å². The third-order valence-corrected chi connectivity index (χ3v) is 4.40. The Hall–Kier alpha value is -1.29. The third kappa shape index (κ3) is 1.98. The summed E-state index contributed by atoms with van der Waals surface area (Å²) in [6.45, 7) is 5.14. The van der Waals surface area contributed by atoms with Gasteiger partial charge in [0.05, 0.1) is 12.1 Å². The SMILES string of the molecule is CCCOc1cccc2c1[nH]c(=S)n2C1(C)CCC1. The maximum Gasteiger partial charge on any atom is 0.178 e. The molecule has 1 aromatic carbocycles. The standard InChI is InChI=1S/C15H20N2OS/c1-3-10-18-12-7-4-6-11-13(12)16-14(19)17(11)15(2)8-5-9-15/h4,6-7H,3,5,8-10H2,1-2H3,(H,16,19). The number of aromatic nitrogens is 2. The van der Waals surface area contributed by atoms with Crippen molar-refractivity contribution >= 4 is 23.3 Å². The Morgan fingerprint density at radius 1 is 1.42 bits per heavy atom. The van der Waals surface area contributed by atoms with E-state index in [0.29, 0.717) is 0 Å². The zero-order chi connectivity index (χ0) is 13.5. The van der Waals surface area contributed by atoms with Crippen LogP contribution in [0.15, 0.2) is 18.2 Å². The molecule has 1 fully saturated rings. The zero-order valence-corrected chi connectivity index (χ0v) is 12.3. The zero-order valence-electron chi connectivity index (χ0n) is 11.5. The molecule has 0 amide bonds. The molecule has 1 saturated carbocycles. The summed E-state index contributed by atoms with van der Waals surface area (Å²) >= 11 is 5.53. The second-order valence-corrected chi connectivity index (χ2v) is 6.00. The molecule has 2 aromatic rings. The van der Waals surface area contributed by atoms with Crippen molar-refractivity contribution in [3.63, 3.8) is 0 Å². The average Bonchev–Trinajstić information content (AvgIpc) is 2.70. The smallest absolute Gasteiger partial charge is 0.178 e. The maximum atomic E-state index is 5.81. The van der Waals surface area contributed by atoms with Gasteiger partial charge in [-0.2, -0.15) is 0 Å². The number of H-pyrrole nitrogens is 1. The summed E-state index contributed by atoms with van der Waals surface area (Å²) in [5.74, 6) is 0.909. The molecule has 0 atom stereocenters. The minimum atomic E-state index is 0.179. The van der Waals surface area contributed by atoms with Gasteiger partial charge in [-0.25, -0.2) is 0 Å². The van der Waals surface area contributed by atoms with Crippen LogP contribution in [0.3, 0.4) is 0 Å². The summed E-state index contributed by atoms with van der Waals surface area (Å²) in [5.41, 5.74) is 2.38. The molecule has 102 valence electrons. The molecule has 1 aliphatic rings. The molecule has 0 saturated heterocycles. The van der Waals surface area contributed by atoms with Gasteiger partial charge in [0.15, 0.2) is 4.77 Å². The van der Waals surface area contributed by atoms with Crippen LogP contribution in [0.1, 0.15) is 39.5 Å². The van der Waals surface area contributed by atoms with Crippen LogP contribution in [0.25, 0.3) is 11.0 Å². The fraction of sp³-hybridized carbons (Fsp3) is 0.533. The number of hydrogen-bond donors (Lipinski definition) is 1. The van der Waals surface area contributed by atoms with Crippen LogP contribution >= 0.6 is 12.2 Å². The molecule has 3 nitrogen and oxygen atoms in total. The van der Waals surface area contributed by atoms with Crippen molar-refractivity contribution in [2.45, 2.75) is 45.1 Å². The summed E-state index contributed by atoms with van der Waals surface area (Å²) in [6.07, 6.45) is 4.70. The van der Waals surface area contributed by atoms with Crippen molar-refractivity contribution in [2.75, 3.05) is 6.61 Å². The van der Waals surface area contributed by atoms with Crippen LogP contribution in [0.2, 0.25) is 0 Å². The Bertz CT molecular complexity index is 652. The third-order valence-electron chi connectivity index (χ3n) is 4.11. The lowest BCUT2D eigenvalue weighted by Gasteiger charge is -2.40. The number of fused-ring (bicyclic) bond motifs is 1. The van der Waals surface area contributed by atoms with Gasteiger partial charge in [-0.3, -0.25) is 0 Å². The van der Waals surface area contributed by atoms with E-state index in [2.05, 4.69) is 35.5 Å². The number of benzene rings is 1. The molecule has 3 rings (SSSR count). The van der Waals surface area contributed by atoms with Gasteiger partial charge < -0.3 is 14.3 Å². The van der Waals surface area contributed by atoms with Gasteiger partial charge in [0.25, 0.3) is 0 Å². The first-order chi connectivity index (χ1) is 9.15. The highest BCUT2D eigenvalue weighted by molar-refractivity contribution is 7.71. The van der Waals surface area contributed by atoms with Crippen LogP contribution < -0.4 is 4.74 Å². The number of rotatable bonds is 4. The van der Waals surface area contributed by atoms with E-state index in [1.165, 1.54) is 24.8 Å². The molecule has 0 unspecified atom stereocenters. The molecule has 1 heterocycles. The van der Waals surface area contributed by atoms with Gasteiger partial charge >= 0.3 is 0 Å². The topological polar surface area (TPSA) is 29.9 Å². The predicted molar refractivity (Wildman–Crippen MR) is 80.4 cm³/mol. The van der Waals surface area contributed by atoms with Crippen LogP contribution in [0.4, 0.5) is 0 Å². The summed E-state index contributed by atoms with van der Waals surface area (Å²) < 4.78 is 8.90. The number of nitrogens with one attached hydrogen (secondary N) is 1. The fourth-order valence-electron chi connectivity index (χ4n) is 2.88. The first-order valence-corrected chi connectivity index (χ1v) is 7.43. The molecule has 19 heavy (non-hydrogen) atoms. The number of imidazole rings is 1. The number of hydrogen-bond acceptors (Lipinski definition) is 2. The Balaban J connectivity index is 2.14. The number of para-hydroxylation sites is 1. The minimum absolute atomic E-state index is 0.179. The highest BCUT2D eigenvalue weighted by Gasteiger charge is 2.35. The second-order valence-electron chi connectivity index (χ2n) is 5.61. The predicted octanol–water partition coefficient (Wildman–Crippen LogP) is 4.39. The Morgan fingerprint density at radius 2 is 2.21 bits per heavy atom. The van der Waals surface area contributed by atoms with Crippen molar-refractivity contribution in [1.29, 1.82) is 0 Å². The van der Waals surface area contributed by atoms with Gasteiger partial charge in [-0.1, -0.05) is 13.0 Å². The highest BCUT2D eigenvalue weighted by Crippen LogP contribution is 2.41. The molecule has 1 N–H and O–H groups in total. The van der Waals surface area contributed by atoms with Gasteiger partial charge in [0, 0.05) is 5.54 Å². The molecule has 0 radical (unpaired) electrons. The summed E-state index contributed by atoms with van der Waals surface area (Å²) in [4.78, 5) is 3.33. The minimum Gasteiger partial charge on any atom is -0.491 e. The first-order valence-electron chi connectivity index (χ1n) is 7.03. The lowest BCUT2D eigenvalue weighted by Crippen LogP contribution is -2.37. The van der Waals surface area contributed by atoms with E-state index < -0.39 is 0 Å². The molecule has 0 spiro atoms. The molecular weight excluding hydrogens is 256 g/mol. The molecule has 0 aliphatic heterocycles. The van der Waals surface area contributed by atoms with E-state index in [1.54, 1.807) is 0 Å². The molecule has 0 bridgehead atoms. The molecule has 1 aromatic heterocycles. The fourth-order valence-corrected chi connectivity index (χ4v) is 3.30.